The van der Waals surface area contributed by atoms with Gasteiger partial charge in [0, 0.05) is 5.56 Å². The van der Waals surface area contributed by atoms with Crippen molar-refractivity contribution in [1.29, 1.82) is 0 Å². The summed E-state index contributed by atoms with van der Waals surface area (Å²) >= 11 is 1.29. The molecule has 1 N–H and O–H groups in total. The zero-order chi connectivity index (χ0) is 27.5. The number of nitrogens with zero attached hydrogens (tertiary/aromatic N) is 2. The van der Waals surface area contributed by atoms with E-state index in [0.717, 1.165) is 29.5 Å². The lowest BCUT2D eigenvalue weighted by Crippen LogP contribution is -2.29. The lowest BCUT2D eigenvalue weighted by atomic mass is 9.95. The lowest BCUT2D eigenvalue weighted by Gasteiger charge is -2.23. The van der Waals surface area contributed by atoms with Crippen molar-refractivity contribution in [3.63, 3.8) is 0 Å². The van der Waals surface area contributed by atoms with Crippen LogP contribution in [-0.2, 0) is 9.59 Å². The van der Waals surface area contributed by atoms with Gasteiger partial charge in [-0.15, -0.1) is 0 Å². The number of benzene rings is 3. The Balaban J connectivity index is 1.60. The van der Waals surface area contributed by atoms with Gasteiger partial charge in [-0.05, 0) is 49.2 Å². The Morgan fingerprint density at radius 2 is 1.72 bits per heavy atom. The molecule has 200 valence electrons. The van der Waals surface area contributed by atoms with Gasteiger partial charge in [0.1, 0.15) is 17.3 Å². The molecule has 8 heteroatoms. The molecule has 5 rings (SSSR count). The van der Waals surface area contributed by atoms with E-state index in [1.165, 1.54) is 16.2 Å². The minimum atomic E-state index is -0.858. The molecule has 2 heterocycles. The first-order valence-electron chi connectivity index (χ1n) is 13.0. The molecule has 1 amide bonds. The number of ether oxygens (including phenoxy) is 2. The third-order valence-corrected chi connectivity index (χ3v) is 7.79. The number of unbranched alkanes of at least 4 members (excludes halogenated alkanes) is 2. The fourth-order valence-corrected chi connectivity index (χ4v) is 5.64. The Bertz CT molecular complexity index is 1540. The summed E-state index contributed by atoms with van der Waals surface area (Å²) in [6.45, 7) is 4.70. The van der Waals surface area contributed by atoms with Crippen LogP contribution in [0.5, 0.6) is 11.5 Å². The van der Waals surface area contributed by atoms with Gasteiger partial charge in [0.2, 0.25) is 0 Å². The molecule has 0 spiro atoms. The van der Waals surface area contributed by atoms with E-state index in [1.54, 1.807) is 25.3 Å². The summed E-state index contributed by atoms with van der Waals surface area (Å²) in [4.78, 5) is 33.0. The number of methoxy groups -OCH3 is 1. The van der Waals surface area contributed by atoms with E-state index in [1.807, 2.05) is 55.5 Å². The van der Waals surface area contributed by atoms with Crippen LogP contribution in [0.15, 0.2) is 72.3 Å². The molecule has 1 unspecified atom stereocenters. The van der Waals surface area contributed by atoms with E-state index in [9.17, 15) is 14.7 Å². The van der Waals surface area contributed by atoms with Gasteiger partial charge in [-0.2, -0.15) is 0 Å². The predicted octanol–water partition coefficient (Wildman–Crippen LogP) is 6.81. The Kier molecular flexibility index (Phi) is 7.65. The number of hydrogen-bond donors (Lipinski definition) is 1. The molecule has 0 radical (unpaired) electrons. The molecule has 3 aromatic carbocycles. The van der Waals surface area contributed by atoms with Crippen molar-refractivity contribution in [2.45, 2.75) is 39.2 Å². The van der Waals surface area contributed by atoms with Crippen LogP contribution in [0.2, 0.25) is 0 Å². The highest BCUT2D eigenvalue weighted by molar-refractivity contribution is 7.22. The predicted molar refractivity (Wildman–Crippen MR) is 154 cm³/mol. The molecule has 0 aliphatic carbocycles. The number of carbonyl (C=O) groups is 2. The monoisotopic (exact) mass is 542 g/mol. The van der Waals surface area contributed by atoms with Crippen molar-refractivity contribution in [1.82, 2.24) is 4.98 Å². The van der Waals surface area contributed by atoms with Crippen LogP contribution in [0.1, 0.15) is 48.9 Å². The van der Waals surface area contributed by atoms with Gasteiger partial charge in [0.25, 0.3) is 5.78 Å². The van der Waals surface area contributed by atoms with E-state index in [0.29, 0.717) is 39.9 Å². The van der Waals surface area contributed by atoms with Gasteiger partial charge < -0.3 is 14.6 Å². The van der Waals surface area contributed by atoms with Crippen LogP contribution >= 0.6 is 11.3 Å². The molecule has 1 aliphatic heterocycles. The van der Waals surface area contributed by atoms with Crippen molar-refractivity contribution < 1.29 is 24.2 Å². The maximum absolute atomic E-state index is 13.5. The number of hydrogen-bond acceptors (Lipinski definition) is 7. The number of carbonyl (C=O) groups excluding carboxylic acids is 2. The number of aryl methyl sites for hydroxylation is 1. The summed E-state index contributed by atoms with van der Waals surface area (Å²) in [5.41, 5.74) is 2.86. The zero-order valence-electron chi connectivity index (χ0n) is 22.1. The maximum Gasteiger partial charge on any atom is 0.301 e. The summed E-state index contributed by atoms with van der Waals surface area (Å²) in [5.74, 6) is -0.333. The van der Waals surface area contributed by atoms with Crippen molar-refractivity contribution in [2.75, 3.05) is 18.6 Å². The largest absolute Gasteiger partial charge is 0.507 e. The summed E-state index contributed by atoms with van der Waals surface area (Å²) in [6.07, 6.45) is 3.18. The van der Waals surface area contributed by atoms with E-state index in [2.05, 4.69) is 11.9 Å². The van der Waals surface area contributed by atoms with Crippen LogP contribution in [0.3, 0.4) is 0 Å². The van der Waals surface area contributed by atoms with Gasteiger partial charge in [0.15, 0.2) is 5.13 Å². The number of aliphatic hydroxyl groups is 1. The van der Waals surface area contributed by atoms with Gasteiger partial charge in [-0.1, -0.05) is 73.1 Å². The summed E-state index contributed by atoms with van der Waals surface area (Å²) in [5, 5.41) is 11.7. The number of aliphatic hydroxyl groups excluding tert-OH is 1. The second-order valence-electron chi connectivity index (χ2n) is 9.49. The van der Waals surface area contributed by atoms with E-state index < -0.39 is 17.7 Å². The van der Waals surface area contributed by atoms with Gasteiger partial charge in [0.05, 0.1) is 35.5 Å². The molecule has 1 aliphatic rings. The van der Waals surface area contributed by atoms with Crippen molar-refractivity contribution >= 4 is 44.1 Å². The molecular formula is C31H30N2O5S. The topological polar surface area (TPSA) is 89.0 Å². The first-order valence-corrected chi connectivity index (χ1v) is 13.8. The highest BCUT2D eigenvalue weighted by Crippen LogP contribution is 2.45. The number of anilines is 1. The van der Waals surface area contributed by atoms with Crippen LogP contribution < -0.4 is 14.4 Å². The summed E-state index contributed by atoms with van der Waals surface area (Å²) in [7, 11) is 1.59. The van der Waals surface area contributed by atoms with E-state index >= 15 is 0 Å². The third-order valence-electron chi connectivity index (χ3n) is 6.77. The van der Waals surface area contributed by atoms with Crippen LogP contribution in [0.4, 0.5) is 5.13 Å². The molecule has 4 aromatic rings. The van der Waals surface area contributed by atoms with Crippen molar-refractivity contribution in [3.05, 3.63) is 89.0 Å². The van der Waals surface area contributed by atoms with Gasteiger partial charge in [-0.25, -0.2) is 4.98 Å². The molecule has 1 atom stereocenters. The number of amides is 1. The van der Waals surface area contributed by atoms with Crippen molar-refractivity contribution in [2.24, 2.45) is 0 Å². The summed E-state index contributed by atoms with van der Waals surface area (Å²) in [6, 6.07) is 19.1. The number of aromatic nitrogens is 1. The average Bonchev–Trinajstić information content (AvgIpc) is 3.49. The second-order valence-corrected chi connectivity index (χ2v) is 10.5. The Labute approximate surface area is 231 Å². The fraction of sp³-hybridized carbons (Fsp3) is 0.258. The maximum atomic E-state index is 13.5. The lowest BCUT2D eigenvalue weighted by molar-refractivity contribution is -0.132. The number of rotatable bonds is 9. The SMILES string of the molecule is CCCCCOc1ccc(C2C(=C(O)c3ccc(C)cc3)C(=O)C(=O)N2c2nc3ccc(OC)cc3s2)cc1. The first kappa shape index (κ1) is 26.4. The molecule has 1 saturated heterocycles. The Hall–Kier alpha value is -4.17. The number of Topliss-reactive ketones (excluding diaryl/α,β-unsaturated/α-hetero) is 1. The molecule has 0 bridgehead atoms. The standard InChI is InChI=1S/C31H30N2O5S/c1-4-5-6-17-38-22-13-11-20(12-14-22)27-26(28(34)21-9-7-19(2)8-10-21)29(35)30(36)33(27)31-32-24-16-15-23(37-3)18-25(24)39-31/h7-16,18,27,34H,4-6,17H2,1-3H3. The molecule has 39 heavy (non-hydrogen) atoms. The number of thiazole rings is 1. The van der Waals surface area contributed by atoms with Gasteiger partial charge >= 0.3 is 5.91 Å². The highest BCUT2D eigenvalue weighted by atomic mass is 32.1. The van der Waals surface area contributed by atoms with Crippen LogP contribution in [0, 0.1) is 6.92 Å². The van der Waals surface area contributed by atoms with Crippen LogP contribution in [0.25, 0.3) is 16.0 Å². The average molecular weight is 543 g/mol. The van der Waals surface area contributed by atoms with Crippen LogP contribution in [-0.4, -0.2) is 35.5 Å². The smallest absolute Gasteiger partial charge is 0.301 e. The Morgan fingerprint density at radius 1 is 1.00 bits per heavy atom. The number of ketones is 1. The molecule has 0 saturated carbocycles. The summed E-state index contributed by atoms with van der Waals surface area (Å²) < 4.78 is 12.0. The zero-order valence-corrected chi connectivity index (χ0v) is 23.0. The second kappa shape index (κ2) is 11.3. The van der Waals surface area contributed by atoms with Gasteiger partial charge in [-0.3, -0.25) is 14.5 Å². The minimum Gasteiger partial charge on any atom is -0.507 e. The quantitative estimate of drug-likeness (QED) is 0.108. The van der Waals surface area contributed by atoms with E-state index in [-0.39, 0.29) is 11.3 Å². The first-order chi connectivity index (χ1) is 18.9. The van der Waals surface area contributed by atoms with E-state index in [4.69, 9.17) is 9.47 Å². The number of fused-ring (bicyclic) bond motifs is 1. The molecule has 1 aromatic heterocycles. The third kappa shape index (κ3) is 5.25. The minimum absolute atomic E-state index is 0.0253. The molecule has 7 nitrogen and oxygen atoms in total. The normalized spacial score (nSPS) is 16.7. The Morgan fingerprint density at radius 3 is 2.41 bits per heavy atom. The fourth-order valence-electron chi connectivity index (χ4n) is 4.62. The van der Waals surface area contributed by atoms with Crippen molar-refractivity contribution in [3.8, 4) is 11.5 Å². The molecule has 1 fully saturated rings. The molecular weight excluding hydrogens is 512 g/mol. The highest BCUT2D eigenvalue weighted by Gasteiger charge is 2.48.